The smallest absolute Gasteiger partial charge is 0.430 e. The van der Waals surface area contributed by atoms with Crippen molar-refractivity contribution in [3.05, 3.63) is 0 Å². The number of hydrogen-bond acceptors (Lipinski definition) is 3. The normalized spacial score (nSPS) is 20.4. The van der Waals surface area contributed by atoms with Crippen molar-refractivity contribution in [2.75, 3.05) is 0 Å². The van der Waals surface area contributed by atoms with E-state index in [1.54, 1.807) is 29.5 Å². The second-order valence-corrected chi connectivity index (χ2v) is 7.09. The highest BCUT2D eigenvalue weighted by molar-refractivity contribution is 14.1. The van der Waals surface area contributed by atoms with Crippen molar-refractivity contribution in [1.29, 1.82) is 0 Å². The first-order valence-corrected chi connectivity index (χ1v) is 8.29. The van der Waals surface area contributed by atoms with E-state index in [4.69, 9.17) is 4.74 Å². The number of rotatable bonds is 5. The fourth-order valence-corrected chi connectivity index (χ4v) is 3.54. The molecule has 0 amide bonds. The third kappa shape index (κ3) is 3.72. The molecule has 1 unspecified atom stereocenters. The zero-order valence-electron chi connectivity index (χ0n) is 12.2. The van der Waals surface area contributed by atoms with E-state index in [2.05, 4.69) is 0 Å². The van der Waals surface area contributed by atoms with Crippen LogP contribution in [0.1, 0.15) is 45.4 Å². The lowest BCUT2D eigenvalue weighted by Gasteiger charge is -2.45. The summed E-state index contributed by atoms with van der Waals surface area (Å²) in [4.78, 5) is 11.9. The Bertz CT molecular complexity index is 414. The third-order valence-electron chi connectivity index (χ3n) is 3.98. The van der Waals surface area contributed by atoms with Crippen LogP contribution in [0, 0.1) is 0 Å². The van der Waals surface area contributed by atoms with E-state index in [0.29, 0.717) is 6.42 Å². The largest absolute Gasteiger partial charge is 0.454 e. The highest BCUT2D eigenvalue weighted by Gasteiger charge is 2.81. The molecule has 1 fully saturated rings. The van der Waals surface area contributed by atoms with Crippen LogP contribution in [0.4, 0.5) is 26.3 Å². The van der Waals surface area contributed by atoms with Gasteiger partial charge < -0.3 is 9.84 Å². The van der Waals surface area contributed by atoms with Gasteiger partial charge in [-0.15, -0.1) is 0 Å². The van der Waals surface area contributed by atoms with Gasteiger partial charge in [-0.1, -0.05) is 35.9 Å². The van der Waals surface area contributed by atoms with E-state index in [0.717, 1.165) is 0 Å². The number of halogens is 7. The van der Waals surface area contributed by atoms with Crippen molar-refractivity contribution in [2.24, 2.45) is 0 Å². The number of aliphatic hydroxyl groups is 1. The van der Waals surface area contributed by atoms with Gasteiger partial charge in [0.2, 0.25) is 0 Å². The van der Waals surface area contributed by atoms with Gasteiger partial charge in [-0.05, 0) is 32.1 Å². The van der Waals surface area contributed by atoms with Crippen molar-refractivity contribution in [1.82, 2.24) is 0 Å². The molecule has 1 aliphatic rings. The van der Waals surface area contributed by atoms with Gasteiger partial charge in [-0.25, -0.2) is 0 Å². The summed E-state index contributed by atoms with van der Waals surface area (Å²) in [5.74, 6) is -1.17. The first kappa shape index (κ1) is 20.8. The van der Waals surface area contributed by atoms with Gasteiger partial charge in [-0.3, -0.25) is 4.79 Å². The number of alkyl halides is 7. The molecule has 1 N–H and O–H groups in total. The molecule has 3 nitrogen and oxygen atoms in total. The summed E-state index contributed by atoms with van der Waals surface area (Å²) in [6.07, 6.45) is -12.6. The van der Waals surface area contributed by atoms with Crippen LogP contribution >= 0.6 is 22.6 Å². The molecule has 0 aromatic carbocycles. The summed E-state index contributed by atoms with van der Waals surface area (Å²) in [5, 5.41) is 9.67. The summed E-state index contributed by atoms with van der Waals surface area (Å²) in [6, 6.07) is 0. The van der Waals surface area contributed by atoms with Crippen LogP contribution in [-0.4, -0.2) is 38.6 Å². The van der Waals surface area contributed by atoms with E-state index in [9.17, 15) is 36.2 Å². The molecule has 0 aromatic rings. The Morgan fingerprint density at radius 2 is 1.61 bits per heavy atom. The van der Waals surface area contributed by atoms with Crippen LogP contribution in [0.25, 0.3) is 0 Å². The Balaban J connectivity index is 3.29. The molecule has 0 heterocycles. The Hall–Kier alpha value is -0.260. The molecule has 0 bridgehead atoms. The van der Waals surface area contributed by atoms with Crippen molar-refractivity contribution >= 4 is 28.6 Å². The lowest BCUT2D eigenvalue weighted by molar-refractivity contribution is -0.411. The summed E-state index contributed by atoms with van der Waals surface area (Å²) in [6.45, 7) is 1.71. The summed E-state index contributed by atoms with van der Waals surface area (Å²) >= 11 is 1.61. The maximum Gasteiger partial charge on any atom is 0.430 e. The average Bonchev–Trinajstić information content (AvgIpc) is 2.85. The molecule has 1 rings (SSSR count). The number of hydrogen-bond donors (Lipinski definition) is 1. The molecular formula is C13H17F6IO3. The van der Waals surface area contributed by atoms with E-state index in [1.165, 1.54) is 0 Å². The molecule has 0 spiro atoms. The molecule has 1 aliphatic carbocycles. The van der Waals surface area contributed by atoms with Crippen molar-refractivity contribution in [2.45, 2.75) is 72.9 Å². The fourth-order valence-electron chi connectivity index (χ4n) is 2.79. The summed E-state index contributed by atoms with van der Waals surface area (Å²) in [5.41, 5.74) is -8.11. The Morgan fingerprint density at radius 1 is 1.17 bits per heavy atom. The van der Waals surface area contributed by atoms with Crippen LogP contribution < -0.4 is 0 Å². The Morgan fingerprint density at radius 3 is 1.96 bits per heavy atom. The topological polar surface area (TPSA) is 46.5 Å². The highest BCUT2D eigenvalue weighted by atomic mass is 127. The van der Waals surface area contributed by atoms with Crippen LogP contribution in [0.5, 0.6) is 0 Å². The second-order valence-electron chi connectivity index (χ2n) is 5.58. The van der Waals surface area contributed by atoms with Gasteiger partial charge in [0.1, 0.15) is 3.92 Å². The van der Waals surface area contributed by atoms with Gasteiger partial charge in [0.15, 0.2) is 5.60 Å². The van der Waals surface area contributed by atoms with Crippen molar-refractivity contribution in [3.8, 4) is 0 Å². The maximum atomic E-state index is 13.1. The predicted molar refractivity (Wildman–Crippen MR) is 77.1 cm³/mol. The fraction of sp³-hybridized carbons (Fsp3) is 0.923. The number of esters is 1. The molecule has 0 radical (unpaired) electrons. The quantitative estimate of drug-likeness (QED) is 0.287. The summed E-state index contributed by atoms with van der Waals surface area (Å²) in [7, 11) is 0. The molecule has 1 atom stereocenters. The minimum Gasteiger partial charge on any atom is -0.454 e. The van der Waals surface area contributed by atoms with Gasteiger partial charge >= 0.3 is 18.3 Å². The molecular weight excluding hydrogens is 445 g/mol. The van der Waals surface area contributed by atoms with Gasteiger partial charge in [-0.2, -0.15) is 26.3 Å². The molecule has 136 valence electrons. The van der Waals surface area contributed by atoms with E-state index in [-0.39, 0.29) is 19.3 Å². The van der Waals surface area contributed by atoms with Crippen LogP contribution in [0.2, 0.25) is 0 Å². The maximum absolute atomic E-state index is 13.1. The van der Waals surface area contributed by atoms with E-state index >= 15 is 0 Å². The van der Waals surface area contributed by atoms with Gasteiger partial charge in [0.25, 0.3) is 5.60 Å². The number of carbonyl (C=O) groups excluding carboxylic acids is 1. The lowest BCUT2D eigenvalue weighted by atomic mass is 9.79. The van der Waals surface area contributed by atoms with Crippen LogP contribution in [-0.2, 0) is 9.53 Å². The molecule has 0 saturated heterocycles. The van der Waals surface area contributed by atoms with Crippen molar-refractivity contribution in [3.63, 3.8) is 0 Å². The number of carbonyl (C=O) groups is 1. The Labute approximate surface area is 142 Å². The molecule has 0 aromatic heterocycles. The van der Waals surface area contributed by atoms with Gasteiger partial charge in [0, 0.05) is 0 Å². The SMILES string of the molecule is CCCC(I)C(=O)OC1(C(O)(C(F)(F)F)C(F)(F)F)CCCC1. The molecule has 1 saturated carbocycles. The highest BCUT2D eigenvalue weighted by Crippen LogP contribution is 2.56. The average molecular weight is 462 g/mol. The summed E-state index contributed by atoms with van der Waals surface area (Å²) < 4.78 is 82.6. The minimum atomic E-state index is -6.01. The van der Waals surface area contributed by atoms with E-state index in [1.807, 2.05) is 0 Å². The zero-order valence-corrected chi connectivity index (χ0v) is 14.4. The standard InChI is InChI=1S/C13H17F6IO3/c1-2-5-8(20)9(21)23-10(6-3-4-7-10)11(22,12(14,15)16)13(17,18)19/h8,22H,2-7H2,1H3. The third-order valence-corrected chi connectivity index (χ3v) is 5.12. The number of ether oxygens (including phenoxy) is 1. The minimum absolute atomic E-state index is 0.00143. The van der Waals surface area contributed by atoms with Crippen LogP contribution in [0.3, 0.4) is 0 Å². The molecule has 23 heavy (non-hydrogen) atoms. The van der Waals surface area contributed by atoms with Gasteiger partial charge in [0.05, 0.1) is 0 Å². The molecule has 10 heteroatoms. The Kier molecular flexibility index (Phi) is 6.26. The van der Waals surface area contributed by atoms with Crippen LogP contribution in [0.15, 0.2) is 0 Å². The monoisotopic (exact) mass is 462 g/mol. The molecule has 0 aliphatic heterocycles. The van der Waals surface area contributed by atoms with E-state index < -0.39 is 46.3 Å². The zero-order chi connectivity index (χ0) is 18.1. The second kappa shape index (κ2) is 6.93. The first-order chi connectivity index (χ1) is 10.3. The predicted octanol–water partition coefficient (Wildman–Crippen LogP) is 4.30. The first-order valence-electron chi connectivity index (χ1n) is 7.05. The van der Waals surface area contributed by atoms with Crippen molar-refractivity contribution < 1.29 is 41.0 Å². The lowest BCUT2D eigenvalue weighted by Crippen LogP contribution is -2.71.